The number of nitrogens with zero attached hydrogens (tertiary/aromatic N) is 2. The number of thiazole rings is 1. The summed E-state index contributed by atoms with van der Waals surface area (Å²) in [6.45, 7) is 0. The highest BCUT2D eigenvalue weighted by Gasteiger charge is 2.16. The first kappa shape index (κ1) is 33.4. The standard InChI is InChI=1S/C33H23Cl2N5O5S2/c34-22-8-15-26(27(35)17-22)29-18-47-33(38-29)39-30(41)19-46-25-13-9-23(10-14-25)36-32(43)28(37-31(42)21-4-2-1-3-5-21)16-20-6-11-24(12-7-20)40(44)45/h1-18H,19H2,(H,36,43)(H,37,42)(H,38,39,41)/b28-16-. The largest absolute Gasteiger partial charge is 0.321 e. The number of carbonyl (C=O) groups is 3. The molecule has 0 radical (unpaired) electrons. The van der Waals surface area contributed by atoms with E-state index in [4.69, 9.17) is 23.2 Å². The van der Waals surface area contributed by atoms with Gasteiger partial charge in [-0.1, -0.05) is 41.4 Å². The molecule has 0 saturated heterocycles. The molecule has 14 heteroatoms. The topological polar surface area (TPSA) is 143 Å². The van der Waals surface area contributed by atoms with E-state index in [0.717, 1.165) is 4.90 Å². The summed E-state index contributed by atoms with van der Waals surface area (Å²) >= 11 is 14.8. The van der Waals surface area contributed by atoms with Crippen LogP contribution in [0.2, 0.25) is 10.0 Å². The van der Waals surface area contributed by atoms with Gasteiger partial charge >= 0.3 is 0 Å². The van der Waals surface area contributed by atoms with E-state index in [-0.39, 0.29) is 23.0 Å². The SMILES string of the molecule is O=C(CSc1ccc(NC(=O)/C(=C/c2ccc([N+](=O)[O-])cc2)NC(=O)c2ccccc2)cc1)Nc1nc(-c2ccc(Cl)cc2Cl)cs1. The van der Waals surface area contributed by atoms with Crippen LogP contribution < -0.4 is 16.0 Å². The minimum Gasteiger partial charge on any atom is -0.321 e. The summed E-state index contributed by atoms with van der Waals surface area (Å²) in [6, 6.07) is 25.9. The van der Waals surface area contributed by atoms with Crippen LogP contribution in [0.5, 0.6) is 0 Å². The summed E-state index contributed by atoms with van der Waals surface area (Å²) in [7, 11) is 0. The van der Waals surface area contributed by atoms with Crippen molar-refractivity contribution in [3.8, 4) is 11.3 Å². The van der Waals surface area contributed by atoms with Crippen molar-refractivity contribution in [3.05, 3.63) is 139 Å². The van der Waals surface area contributed by atoms with Gasteiger partial charge in [-0.3, -0.25) is 24.5 Å². The van der Waals surface area contributed by atoms with Crippen LogP contribution in [-0.4, -0.2) is 33.4 Å². The van der Waals surface area contributed by atoms with Crippen molar-refractivity contribution in [2.45, 2.75) is 4.90 Å². The fraction of sp³-hybridized carbons (Fsp3) is 0.0303. The van der Waals surface area contributed by atoms with E-state index >= 15 is 0 Å². The summed E-state index contributed by atoms with van der Waals surface area (Å²) < 4.78 is 0. The fourth-order valence-corrected chi connectivity index (χ4v) is 6.02. The third-order valence-corrected chi connectivity index (χ3v) is 8.70. The first-order chi connectivity index (χ1) is 22.6. The van der Waals surface area contributed by atoms with Gasteiger partial charge in [0.2, 0.25) is 5.91 Å². The number of non-ortho nitro benzene ring substituents is 1. The Morgan fingerprint density at radius 3 is 2.32 bits per heavy atom. The average molecular weight is 705 g/mol. The van der Waals surface area contributed by atoms with Gasteiger partial charge < -0.3 is 16.0 Å². The highest BCUT2D eigenvalue weighted by Crippen LogP contribution is 2.32. The maximum absolute atomic E-state index is 13.3. The highest BCUT2D eigenvalue weighted by atomic mass is 35.5. The lowest BCUT2D eigenvalue weighted by Gasteiger charge is -2.12. The quantitative estimate of drug-likeness (QED) is 0.0545. The van der Waals surface area contributed by atoms with Gasteiger partial charge in [-0.25, -0.2) is 4.98 Å². The zero-order chi connectivity index (χ0) is 33.3. The molecule has 0 saturated carbocycles. The Kier molecular flexibility index (Phi) is 11.0. The van der Waals surface area contributed by atoms with Crippen LogP contribution in [0.3, 0.4) is 0 Å². The van der Waals surface area contributed by atoms with Gasteiger partial charge in [0.15, 0.2) is 5.13 Å². The Morgan fingerprint density at radius 2 is 1.64 bits per heavy atom. The molecule has 0 aliphatic rings. The molecular formula is C33H23Cl2N5O5S2. The van der Waals surface area contributed by atoms with Gasteiger partial charge in [0.05, 0.1) is 21.4 Å². The second-order valence-corrected chi connectivity index (χ2v) is 12.5. The van der Waals surface area contributed by atoms with Gasteiger partial charge in [-0.2, -0.15) is 0 Å². The number of hydrogen-bond donors (Lipinski definition) is 3. The third kappa shape index (κ3) is 9.27. The van der Waals surface area contributed by atoms with Crippen molar-refractivity contribution in [2.75, 3.05) is 16.4 Å². The molecule has 3 N–H and O–H groups in total. The van der Waals surface area contributed by atoms with Crippen LogP contribution in [0.4, 0.5) is 16.5 Å². The van der Waals surface area contributed by atoms with Gasteiger partial charge in [-0.05, 0) is 78.4 Å². The average Bonchev–Trinajstić information content (AvgIpc) is 3.52. The molecule has 3 amide bonds. The molecule has 0 bridgehead atoms. The van der Waals surface area contributed by atoms with E-state index < -0.39 is 16.7 Å². The van der Waals surface area contributed by atoms with Crippen molar-refractivity contribution < 1.29 is 19.3 Å². The molecule has 47 heavy (non-hydrogen) atoms. The number of halogens is 2. The maximum atomic E-state index is 13.3. The molecule has 1 aromatic heterocycles. The number of nitro benzene ring substituents is 1. The molecule has 5 aromatic rings. The Balaban J connectivity index is 1.20. The van der Waals surface area contributed by atoms with Crippen molar-refractivity contribution in [1.29, 1.82) is 0 Å². The number of aromatic nitrogens is 1. The summed E-state index contributed by atoms with van der Waals surface area (Å²) in [4.78, 5) is 54.4. The summed E-state index contributed by atoms with van der Waals surface area (Å²) in [5, 5.41) is 22.4. The number of anilines is 2. The summed E-state index contributed by atoms with van der Waals surface area (Å²) in [5.41, 5.74) is 2.44. The predicted octanol–water partition coefficient (Wildman–Crippen LogP) is 8.17. The maximum Gasteiger partial charge on any atom is 0.272 e. The molecule has 0 fully saturated rings. The second-order valence-electron chi connectivity index (χ2n) is 9.70. The number of nitrogens with one attached hydrogen (secondary N) is 3. The number of rotatable bonds is 11. The Bertz CT molecular complexity index is 1970. The van der Waals surface area contributed by atoms with Crippen LogP contribution in [0.1, 0.15) is 15.9 Å². The Morgan fingerprint density at radius 1 is 0.915 bits per heavy atom. The van der Waals surface area contributed by atoms with Crippen LogP contribution in [0, 0.1) is 10.1 Å². The summed E-state index contributed by atoms with van der Waals surface area (Å²) in [6.07, 6.45) is 1.43. The van der Waals surface area contributed by atoms with Crippen LogP contribution in [0.25, 0.3) is 17.3 Å². The number of thioether (sulfide) groups is 1. The van der Waals surface area contributed by atoms with Gasteiger partial charge in [0, 0.05) is 44.2 Å². The Labute approximate surface area is 287 Å². The number of nitro groups is 1. The fourth-order valence-electron chi connectivity index (χ4n) is 4.09. The minimum absolute atomic E-state index is 0.0634. The normalized spacial score (nSPS) is 11.1. The van der Waals surface area contributed by atoms with Gasteiger partial charge in [0.25, 0.3) is 17.5 Å². The molecule has 0 spiro atoms. The van der Waals surface area contributed by atoms with Crippen molar-refractivity contribution in [3.63, 3.8) is 0 Å². The molecule has 0 unspecified atom stereocenters. The Hall–Kier alpha value is -5.01. The van der Waals surface area contributed by atoms with Gasteiger partial charge in [0.1, 0.15) is 5.70 Å². The zero-order valence-electron chi connectivity index (χ0n) is 24.1. The molecule has 1 heterocycles. The van der Waals surface area contributed by atoms with Crippen LogP contribution in [-0.2, 0) is 9.59 Å². The molecular weight excluding hydrogens is 681 g/mol. The van der Waals surface area contributed by atoms with Crippen molar-refractivity contribution in [1.82, 2.24) is 10.3 Å². The van der Waals surface area contributed by atoms with E-state index in [1.54, 1.807) is 78.2 Å². The molecule has 10 nitrogen and oxygen atoms in total. The first-order valence-corrected chi connectivity index (χ1v) is 16.3. The van der Waals surface area contributed by atoms with E-state index in [1.807, 2.05) is 0 Å². The predicted molar refractivity (Wildman–Crippen MR) is 187 cm³/mol. The monoisotopic (exact) mass is 703 g/mol. The minimum atomic E-state index is -0.602. The van der Waals surface area contributed by atoms with Crippen molar-refractivity contribution >= 4 is 86.6 Å². The molecule has 0 aliphatic carbocycles. The lowest BCUT2D eigenvalue weighted by molar-refractivity contribution is -0.384. The van der Waals surface area contributed by atoms with Crippen molar-refractivity contribution in [2.24, 2.45) is 0 Å². The molecule has 5 rings (SSSR count). The molecule has 0 aliphatic heterocycles. The van der Waals surface area contributed by atoms with Gasteiger partial charge in [-0.15, -0.1) is 23.1 Å². The molecule has 0 atom stereocenters. The first-order valence-electron chi connectivity index (χ1n) is 13.7. The number of amides is 3. The van der Waals surface area contributed by atoms with Crippen LogP contribution in [0.15, 0.2) is 113 Å². The smallest absolute Gasteiger partial charge is 0.272 e. The van der Waals surface area contributed by atoms with E-state index in [0.29, 0.717) is 43.2 Å². The third-order valence-electron chi connectivity index (χ3n) is 6.38. The van der Waals surface area contributed by atoms with E-state index in [2.05, 4.69) is 20.9 Å². The van der Waals surface area contributed by atoms with E-state index in [1.165, 1.54) is 53.4 Å². The lowest BCUT2D eigenvalue weighted by Crippen LogP contribution is -2.30. The van der Waals surface area contributed by atoms with E-state index in [9.17, 15) is 24.5 Å². The second kappa shape index (κ2) is 15.5. The highest BCUT2D eigenvalue weighted by molar-refractivity contribution is 8.00. The lowest BCUT2D eigenvalue weighted by atomic mass is 10.1. The zero-order valence-corrected chi connectivity index (χ0v) is 27.3. The number of carbonyl (C=O) groups excluding carboxylic acids is 3. The molecule has 236 valence electrons. The number of benzene rings is 4. The van der Waals surface area contributed by atoms with Crippen LogP contribution >= 0.6 is 46.3 Å². The molecule has 4 aromatic carbocycles. The summed E-state index contributed by atoms with van der Waals surface area (Å²) in [5.74, 6) is -1.22. The number of hydrogen-bond acceptors (Lipinski definition) is 8.